The number of aromatic nitrogens is 3. The highest BCUT2D eigenvalue weighted by atomic mass is 16.3. The summed E-state index contributed by atoms with van der Waals surface area (Å²) in [7, 11) is 0. The Morgan fingerprint density at radius 3 is 1.45 bits per heavy atom. The highest BCUT2D eigenvalue weighted by Crippen LogP contribution is 2.40. The molecular formula is C49H31N3O. The minimum atomic E-state index is 0.583. The molecule has 248 valence electrons. The Morgan fingerprint density at radius 2 is 0.774 bits per heavy atom. The van der Waals surface area contributed by atoms with Crippen LogP contribution in [0.3, 0.4) is 0 Å². The minimum absolute atomic E-state index is 0.583. The summed E-state index contributed by atoms with van der Waals surface area (Å²) in [6.45, 7) is 0. The van der Waals surface area contributed by atoms with E-state index in [2.05, 4.69) is 140 Å². The summed E-state index contributed by atoms with van der Waals surface area (Å²) < 4.78 is 6.42. The second-order valence-electron chi connectivity index (χ2n) is 13.2. The van der Waals surface area contributed by atoms with Crippen molar-refractivity contribution in [2.75, 3.05) is 0 Å². The van der Waals surface area contributed by atoms with Crippen molar-refractivity contribution in [3.63, 3.8) is 0 Å². The van der Waals surface area contributed by atoms with Crippen LogP contribution in [0.4, 0.5) is 0 Å². The van der Waals surface area contributed by atoms with Crippen LogP contribution < -0.4 is 0 Å². The number of para-hydroxylation sites is 1. The van der Waals surface area contributed by atoms with Gasteiger partial charge >= 0.3 is 0 Å². The molecule has 0 bridgehead atoms. The monoisotopic (exact) mass is 677 g/mol. The van der Waals surface area contributed by atoms with Crippen molar-refractivity contribution in [2.24, 2.45) is 0 Å². The molecule has 10 aromatic rings. The summed E-state index contributed by atoms with van der Waals surface area (Å²) in [5.41, 5.74) is 11.1. The number of rotatable bonds is 6. The van der Waals surface area contributed by atoms with Crippen LogP contribution >= 0.6 is 0 Å². The van der Waals surface area contributed by atoms with E-state index < -0.39 is 0 Å². The lowest BCUT2D eigenvalue weighted by Gasteiger charge is -2.13. The van der Waals surface area contributed by atoms with Crippen LogP contribution in [0.5, 0.6) is 0 Å². The summed E-state index contributed by atoms with van der Waals surface area (Å²) in [6.07, 6.45) is 0. The van der Waals surface area contributed by atoms with E-state index in [0.29, 0.717) is 17.5 Å². The summed E-state index contributed by atoms with van der Waals surface area (Å²) in [4.78, 5) is 15.4. The van der Waals surface area contributed by atoms with Crippen LogP contribution in [0.2, 0.25) is 0 Å². The smallest absolute Gasteiger partial charge is 0.164 e. The Kier molecular flexibility index (Phi) is 7.43. The van der Waals surface area contributed by atoms with Crippen molar-refractivity contribution in [1.29, 1.82) is 0 Å². The second-order valence-corrected chi connectivity index (χ2v) is 13.2. The SMILES string of the molecule is c1ccc(-c2ccc(-c3ccc(-c4nc(-c5ccccc5)nc(-c5cc6oc7ccccc7c6cc5-c5ccc6ccccc6c5)n4)cc3)cc2)cc1. The number of benzene rings is 8. The van der Waals surface area contributed by atoms with Gasteiger partial charge in [-0.15, -0.1) is 0 Å². The maximum atomic E-state index is 6.42. The first-order valence-electron chi connectivity index (χ1n) is 17.8. The predicted octanol–water partition coefficient (Wildman–Crippen LogP) is 12.9. The molecule has 0 unspecified atom stereocenters. The van der Waals surface area contributed by atoms with Gasteiger partial charge in [0.25, 0.3) is 0 Å². The molecule has 0 radical (unpaired) electrons. The summed E-state index contributed by atoms with van der Waals surface area (Å²) >= 11 is 0. The van der Waals surface area contributed by atoms with Crippen LogP contribution in [-0.2, 0) is 0 Å². The molecule has 4 heteroatoms. The van der Waals surface area contributed by atoms with Gasteiger partial charge in [-0.05, 0) is 68.4 Å². The first-order valence-corrected chi connectivity index (χ1v) is 17.8. The Morgan fingerprint density at radius 1 is 0.283 bits per heavy atom. The van der Waals surface area contributed by atoms with Crippen LogP contribution in [0.15, 0.2) is 192 Å². The number of hydrogen-bond donors (Lipinski definition) is 0. The standard InChI is InChI=1S/C49H31N3O/c1-3-11-32(12-4-1)34-19-21-35(22-20-34)36-23-26-38(27-24-36)48-50-47(37-14-5-2-6-15-37)51-49(52-48)44-31-46-43(41-17-9-10-18-45(41)53-46)30-42(44)40-28-25-33-13-7-8-16-39(33)29-40/h1-31H. The maximum absolute atomic E-state index is 6.42. The van der Waals surface area contributed by atoms with Gasteiger partial charge in [0, 0.05) is 27.5 Å². The number of furan rings is 1. The Labute approximate surface area is 306 Å². The van der Waals surface area contributed by atoms with Crippen LogP contribution in [-0.4, -0.2) is 15.0 Å². The first-order chi connectivity index (χ1) is 26.2. The topological polar surface area (TPSA) is 51.8 Å². The molecule has 0 fully saturated rings. The lowest BCUT2D eigenvalue weighted by atomic mass is 9.94. The van der Waals surface area contributed by atoms with E-state index in [-0.39, 0.29) is 0 Å². The number of nitrogens with zero attached hydrogens (tertiary/aromatic N) is 3. The average Bonchev–Trinajstić information content (AvgIpc) is 3.61. The van der Waals surface area contributed by atoms with E-state index in [1.165, 1.54) is 21.9 Å². The van der Waals surface area contributed by atoms with E-state index >= 15 is 0 Å². The van der Waals surface area contributed by atoms with Crippen LogP contribution in [0.25, 0.3) is 100 Å². The zero-order valence-corrected chi connectivity index (χ0v) is 28.6. The Bertz CT molecular complexity index is 2910. The van der Waals surface area contributed by atoms with E-state index in [1.807, 2.05) is 48.5 Å². The summed E-state index contributed by atoms with van der Waals surface area (Å²) in [6, 6.07) is 65.3. The number of hydrogen-bond acceptors (Lipinski definition) is 4. The molecule has 10 rings (SSSR count). The van der Waals surface area contributed by atoms with Gasteiger partial charge in [-0.2, -0.15) is 0 Å². The molecule has 8 aromatic carbocycles. The van der Waals surface area contributed by atoms with Gasteiger partial charge in [-0.25, -0.2) is 15.0 Å². The summed E-state index contributed by atoms with van der Waals surface area (Å²) in [5, 5.41) is 4.49. The minimum Gasteiger partial charge on any atom is -0.456 e. The highest BCUT2D eigenvalue weighted by molar-refractivity contribution is 6.09. The lowest BCUT2D eigenvalue weighted by molar-refractivity contribution is 0.669. The van der Waals surface area contributed by atoms with Gasteiger partial charge in [0.1, 0.15) is 11.2 Å². The van der Waals surface area contributed by atoms with Crippen molar-refractivity contribution in [2.45, 2.75) is 0 Å². The second kappa shape index (κ2) is 12.9. The van der Waals surface area contributed by atoms with E-state index in [4.69, 9.17) is 19.4 Å². The van der Waals surface area contributed by atoms with Crippen molar-refractivity contribution >= 4 is 32.7 Å². The molecule has 0 spiro atoms. The van der Waals surface area contributed by atoms with E-state index in [9.17, 15) is 0 Å². The first kappa shape index (κ1) is 30.6. The molecule has 4 nitrogen and oxygen atoms in total. The molecule has 0 saturated heterocycles. The van der Waals surface area contributed by atoms with Gasteiger partial charge in [0.15, 0.2) is 17.5 Å². The molecule has 2 aromatic heterocycles. The molecule has 0 aliphatic rings. The predicted molar refractivity (Wildman–Crippen MR) is 217 cm³/mol. The largest absolute Gasteiger partial charge is 0.456 e. The molecule has 0 saturated carbocycles. The fourth-order valence-electron chi connectivity index (χ4n) is 7.19. The van der Waals surface area contributed by atoms with Crippen molar-refractivity contribution in [3.8, 4) is 67.5 Å². The van der Waals surface area contributed by atoms with Crippen molar-refractivity contribution < 1.29 is 4.42 Å². The maximum Gasteiger partial charge on any atom is 0.164 e. The van der Waals surface area contributed by atoms with E-state index in [0.717, 1.165) is 60.9 Å². The van der Waals surface area contributed by atoms with Gasteiger partial charge in [0.05, 0.1) is 0 Å². The third-order valence-electron chi connectivity index (χ3n) is 9.95. The zero-order valence-electron chi connectivity index (χ0n) is 28.6. The third kappa shape index (κ3) is 5.73. The molecular weight excluding hydrogens is 647 g/mol. The molecule has 2 heterocycles. The van der Waals surface area contributed by atoms with Gasteiger partial charge in [-0.3, -0.25) is 0 Å². The van der Waals surface area contributed by atoms with Crippen LogP contribution in [0, 0.1) is 0 Å². The van der Waals surface area contributed by atoms with Gasteiger partial charge in [0.2, 0.25) is 0 Å². The fraction of sp³-hybridized carbons (Fsp3) is 0. The fourth-order valence-corrected chi connectivity index (χ4v) is 7.19. The van der Waals surface area contributed by atoms with E-state index in [1.54, 1.807) is 0 Å². The summed E-state index contributed by atoms with van der Waals surface area (Å²) in [5.74, 6) is 1.80. The molecule has 0 aliphatic heterocycles. The average molecular weight is 678 g/mol. The van der Waals surface area contributed by atoms with Gasteiger partial charge in [-0.1, -0.05) is 164 Å². The highest BCUT2D eigenvalue weighted by Gasteiger charge is 2.19. The van der Waals surface area contributed by atoms with Crippen molar-refractivity contribution in [3.05, 3.63) is 188 Å². The third-order valence-corrected chi connectivity index (χ3v) is 9.95. The zero-order chi connectivity index (χ0) is 35.1. The van der Waals surface area contributed by atoms with Crippen LogP contribution in [0.1, 0.15) is 0 Å². The van der Waals surface area contributed by atoms with Gasteiger partial charge < -0.3 is 4.42 Å². The quantitative estimate of drug-likeness (QED) is 0.176. The lowest BCUT2D eigenvalue weighted by Crippen LogP contribution is -2.01. The molecule has 0 atom stereocenters. The number of fused-ring (bicyclic) bond motifs is 4. The molecule has 0 aliphatic carbocycles. The molecule has 0 amide bonds. The van der Waals surface area contributed by atoms with Crippen molar-refractivity contribution in [1.82, 2.24) is 15.0 Å². The Hall–Kier alpha value is -7.17. The molecule has 0 N–H and O–H groups in total. The normalized spacial score (nSPS) is 11.4. The Balaban J connectivity index is 1.12. The molecule has 53 heavy (non-hydrogen) atoms.